The predicted octanol–water partition coefficient (Wildman–Crippen LogP) is 1.42. The van der Waals surface area contributed by atoms with E-state index in [9.17, 15) is 9.18 Å². The molecule has 0 radical (unpaired) electrons. The second kappa shape index (κ2) is 4.72. The molecule has 1 rings (SSSR count). The van der Waals surface area contributed by atoms with Gasteiger partial charge < -0.3 is 10.8 Å². The number of halogens is 1. The van der Waals surface area contributed by atoms with E-state index in [-0.39, 0.29) is 5.56 Å². The Morgan fingerprint density at radius 2 is 2.21 bits per heavy atom. The molecule has 4 heteroatoms. The molecule has 3 N–H and O–H groups in total. The number of nitrogens with two attached hydrogens (primary N) is 1. The number of benzene rings is 1. The second-order valence-electron chi connectivity index (χ2n) is 3.00. The van der Waals surface area contributed by atoms with E-state index < -0.39 is 11.8 Å². The molecule has 76 valence electrons. The quantitative estimate of drug-likeness (QED) is 0.767. The third-order valence-corrected chi connectivity index (χ3v) is 1.95. The van der Waals surface area contributed by atoms with Gasteiger partial charge in [0.05, 0.1) is 5.56 Å². The zero-order valence-corrected chi connectivity index (χ0v) is 7.66. The van der Waals surface area contributed by atoms with Crippen molar-refractivity contribution in [2.45, 2.75) is 12.8 Å². The molecular formula is C10H12FNO2. The van der Waals surface area contributed by atoms with Gasteiger partial charge in [0.1, 0.15) is 5.82 Å². The zero-order chi connectivity index (χ0) is 10.6. The fourth-order valence-corrected chi connectivity index (χ4v) is 1.26. The normalized spacial score (nSPS) is 10.1. The van der Waals surface area contributed by atoms with E-state index in [1.807, 2.05) is 0 Å². The molecule has 0 bridgehead atoms. The maximum atomic E-state index is 12.7. The van der Waals surface area contributed by atoms with Crippen molar-refractivity contribution in [1.82, 2.24) is 0 Å². The summed E-state index contributed by atoms with van der Waals surface area (Å²) in [5.74, 6) is -1.63. The van der Waals surface area contributed by atoms with Crippen molar-refractivity contribution < 1.29 is 14.3 Å². The molecule has 0 amide bonds. The maximum Gasteiger partial charge on any atom is 0.336 e. The van der Waals surface area contributed by atoms with E-state index in [4.69, 9.17) is 10.8 Å². The van der Waals surface area contributed by atoms with Crippen LogP contribution >= 0.6 is 0 Å². The lowest BCUT2D eigenvalue weighted by molar-refractivity contribution is 0.0695. The Bertz CT molecular complexity index is 339. The van der Waals surface area contributed by atoms with Crippen LogP contribution in [-0.2, 0) is 6.42 Å². The summed E-state index contributed by atoms with van der Waals surface area (Å²) in [5, 5.41) is 8.79. The van der Waals surface area contributed by atoms with Crippen molar-refractivity contribution in [3.63, 3.8) is 0 Å². The summed E-state index contributed by atoms with van der Waals surface area (Å²) in [6, 6.07) is 3.79. The molecule has 3 nitrogen and oxygen atoms in total. The third-order valence-electron chi connectivity index (χ3n) is 1.95. The summed E-state index contributed by atoms with van der Waals surface area (Å²) in [5.41, 5.74) is 5.97. The van der Waals surface area contributed by atoms with Crippen LogP contribution in [0.2, 0.25) is 0 Å². The average molecular weight is 197 g/mol. The zero-order valence-electron chi connectivity index (χ0n) is 7.66. The highest BCUT2D eigenvalue weighted by atomic mass is 19.1. The lowest BCUT2D eigenvalue weighted by Gasteiger charge is -2.04. The Hall–Kier alpha value is -1.42. The Labute approximate surface area is 81.4 Å². The standard InChI is InChI=1S/C10H12FNO2/c11-8-4-3-7(2-1-5-12)9(6-8)10(13)14/h3-4,6H,1-2,5,12H2,(H,13,14). The summed E-state index contributed by atoms with van der Waals surface area (Å²) in [6.45, 7) is 0.496. The Morgan fingerprint density at radius 1 is 1.50 bits per heavy atom. The molecule has 0 spiro atoms. The third kappa shape index (κ3) is 2.53. The van der Waals surface area contributed by atoms with Gasteiger partial charge in [0.15, 0.2) is 0 Å². The van der Waals surface area contributed by atoms with Crippen molar-refractivity contribution in [3.05, 3.63) is 35.1 Å². The van der Waals surface area contributed by atoms with E-state index in [1.54, 1.807) is 0 Å². The average Bonchev–Trinajstić information content (AvgIpc) is 2.15. The number of carbonyl (C=O) groups is 1. The lowest BCUT2D eigenvalue weighted by atomic mass is 10.0. The SMILES string of the molecule is NCCCc1ccc(F)cc1C(=O)O. The molecule has 1 aromatic carbocycles. The van der Waals surface area contributed by atoms with Crippen LogP contribution in [0.15, 0.2) is 18.2 Å². The highest BCUT2D eigenvalue weighted by Crippen LogP contribution is 2.13. The van der Waals surface area contributed by atoms with Gasteiger partial charge in [0.2, 0.25) is 0 Å². The molecule has 0 fully saturated rings. The molecule has 0 aliphatic rings. The van der Waals surface area contributed by atoms with Crippen LogP contribution in [0.1, 0.15) is 22.3 Å². The summed E-state index contributed by atoms with van der Waals surface area (Å²) >= 11 is 0. The van der Waals surface area contributed by atoms with Gasteiger partial charge in [0, 0.05) is 0 Å². The maximum absolute atomic E-state index is 12.7. The van der Waals surface area contributed by atoms with Crippen LogP contribution in [0.4, 0.5) is 4.39 Å². The van der Waals surface area contributed by atoms with Crippen molar-refractivity contribution in [3.8, 4) is 0 Å². The number of carboxylic acids is 1. The second-order valence-corrected chi connectivity index (χ2v) is 3.00. The van der Waals surface area contributed by atoms with Gasteiger partial charge in [-0.05, 0) is 37.1 Å². The molecule has 0 saturated heterocycles. The van der Waals surface area contributed by atoms with Gasteiger partial charge >= 0.3 is 5.97 Å². The fraction of sp³-hybridized carbons (Fsp3) is 0.300. The molecule has 0 aliphatic carbocycles. The monoisotopic (exact) mass is 197 g/mol. The summed E-state index contributed by atoms with van der Waals surface area (Å²) in [6.07, 6.45) is 1.27. The van der Waals surface area contributed by atoms with Crippen LogP contribution in [0.5, 0.6) is 0 Å². The molecule has 0 saturated carbocycles. The van der Waals surface area contributed by atoms with Crippen LogP contribution in [0.25, 0.3) is 0 Å². The summed E-state index contributed by atoms with van der Waals surface area (Å²) in [7, 11) is 0. The van der Waals surface area contributed by atoms with Crippen LogP contribution in [-0.4, -0.2) is 17.6 Å². The molecule has 0 aromatic heterocycles. The van der Waals surface area contributed by atoms with Gasteiger partial charge in [-0.25, -0.2) is 9.18 Å². The molecule has 0 atom stereocenters. The van der Waals surface area contributed by atoms with Crippen LogP contribution in [0.3, 0.4) is 0 Å². The Balaban J connectivity index is 2.96. The Morgan fingerprint density at radius 3 is 2.79 bits per heavy atom. The van der Waals surface area contributed by atoms with Crippen LogP contribution < -0.4 is 5.73 Å². The smallest absolute Gasteiger partial charge is 0.336 e. The van der Waals surface area contributed by atoms with Crippen molar-refractivity contribution >= 4 is 5.97 Å². The first-order valence-electron chi connectivity index (χ1n) is 4.37. The molecule has 14 heavy (non-hydrogen) atoms. The first kappa shape index (κ1) is 10.7. The fourth-order valence-electron chi connectivity index (χ4n) is 1.26. The van der Waals surface area contributed by atoms with Gasteiger partial charge in [0.25, 0.3) is 0 Å². The molecule has 1 aromatic rings. The number of aromatic carboxylic acids is 1. The number of hydrogen-bond acceptors (Lipinski definition) is 2. The first-order valence-corrected chi connectivity index (χ1v) is 4.37. The van der Waals surface area contributed by atoms with Gasteiger partial charge in [-0.1, -0.05) is 6.07 Å². The summed E-state index contributed by atoms with van der Waals surface area (Å²) < 4.78 is 12.7. The molecule has 0 aliphatic heterocycles. The minimum Gasteiger partial charge on any atom is -0.478 e. The van der Waals surface area contributed by atoms with Gasteiger partial charge in [-0.15, -0.1) is 0 Å². The number of aryl methyl sites for hydroxylation is 1. The van der Waals surface area contributed by atoms with E-state index in [1.165, 1.54) is 12.1 Å². The van der Waals surface area contributed by atoms with E-state index in [0.29, 0.717) is 24.9 Å². The minimum absolute atomic E-state index is 0.0263. The highest BCUT2D eigenvalue weighted by Gasteiger charge is 2.10. The minimum atomic E-state index is -1.10. The number of carboxylic acid groups (broad SMARTS) is 1. The molecule has 0 unspecified atom stereocenters. The number of hydrogen-bond donors (Lipinski definition) is 2. The van der Waals surface area contributed by atoms with Crippen LogP contribution in [0, 0.1) is 5.82 Å². The first-order chi connectivity index (χ1) is 6.65. The molecule has 0 heterocycles. The topological polar surface area (TPSA) is 63.3 Å². The molecular weight excluding hydrogens is 185 g/mol. The van der Waals surface area contributed by atoms with Gasteiger partial charge in [-0.3, -0.25) is 0 Å². The highest BCUT2D eigenvalue weighted by molar-refractivity contribution is 5.89. The number of rotatable bonds is 4. The summed E-state index contributed by atoms with van der Waals surface area (Å²) in [4.78, 5) is 10.7. The van der Waals surface area contributed by atoms with Gasteiger partial charge in [-0.2, -0.15) is 0 Å². The van der Waals surface area contributed by atoms with E-state index in [0.717, 1.165) is 6.07 Å². The van der Waals surface area contributed by atoms with E-state index in [2.05, 4.69) is 0 Å². The lowest BCUT2D eigenvalue weighted by Crippen LogP contribution is -2.06. The van der Waals surface area contributed by atoms with Crippen molar-refractivity contribution in [2.75, 3.05) is 6.54 Å². The largest absolute Gasteiger partial charge is 0.478 e. The van der Waals surface area contributed by atoms with E-state index >= 15 is 0 Å². The van der Waals surface area contributed by atoms with Crippen molar-refractivity contribution in [2.24, 2.45) is 5.73 Å². The van der Waals surface area contributed by atoms with Crippen molar-refractivity contribution in [1.29, 1.82) is 0 Å². The Kier molecular flexibility index (Phi) is 3.59. The predicted molar refractivity (Wildman–Crippen MR) is 50.7 cm³/mol.